The first kappa shape index (κ1) is 13.4. The highest BCUT2D eigenvalue weighted by Gasteiger charge is 2.20. The van der Waals surface area contributed by atoms with Crippen molar-refractivity contribution in [3.05, 3.63) is 33.0 Å². The molecule has 4 N–H and O–H groups in total. The molecule has 1 heterocycles. The highest BCUT2D eigenvalue weighted by Crippen LogP contribution is 2.27. The second-order valence-electron chi connectivity index (χ2n) is 3.38. The molecule has 96 valence electrons. The maximum Gasteiger partial charge on any atom is 0.267 e. The van der Waals surface area contributed by atoms with Gasteiger partial charge in [0.25, 0.3) is 10.0 Å². The van der Waals surface area contributed by atoms with Crippen LogP contribution in [0.5, 0.6) is 0 Å². The van der Waals surface area contributed by atoms with E-state index >= 15 is 0 Å². The lowest BCUT2D eigenvalue weighted by atomic mass is 10.3. The van der Waals surface area contributed by atoms with Gasteiger partial charge in [-0.15, -0.1) is 0 Å². The maximum absolute atomic E-state index is 12.0. The predicted molar refractivity (Wildman–Crippen MR) is 78.0 cm³/mol. The molecule has 2 aromatic rings. The second kappa shape index (κ2) is 4.94. The number of nitrogen functional groups attached to an aromatic ring is 1. The Balaban J connectivity index is 2.37. The average Bonchev–Trinajstić information content (AvgIpc) is 2.69. The second-order valence-corrected chi connectivity index (χ2v) is 6.68. The molecule has 0 aliphatic rings. The molecule has 18 heavy (non-hydrogen) atoms. The van der Waals surface area contributed by atoms with Gasteiger partial charge in [0.05, 0.1) is 16.9 Å². The van der Waals surface area contributed by atoms with E-state index in [9.17, 15) is 8.42 Å². The summed E-state index contributed by atoms with van der Waals surface area (Å²) in [5.74, 6) is -0.0239. The fraction of sp³-hybridized carbons (Fsp3) is 0. The van der Waals surface area contributed by atoms with Gasteiger partial charge in [-0.3, -0.25) is 9.82 Å². The van der Waals surface area contributed by atoms with E-state index in [0.29, 0.717) is 5.02 Å². The lowest BCUT2D eigenvalue weighted by molar-refractivity contribution is 0.601. The SMILES string of the molecule is Nc1[nH]ncc1S(=O)(=O)Nc1ccc(I)cc1Cl. The van der Waals surface area contributed by atoms with Gasteiger partial charge in [-0.2, -0.15) is 5.10 Å². The van der Waals surface area contributed by atoms with Crippen LogP contribution >= 0.6 is 34.2 Å². The molecule has 9 heteroatoms. The van der Waals surface area contributed by atoms with Crippen molar-refractivity contribution in [2.75, 3.05) is 10.5 Å². The smallest absolute Gasteiger partial charge is 0.267 e. The van der Waals surface area contributed by atoms with Crippen LogP contribution in [0.3, 0.4) is 0 Å². The van der Waals surface area contributed by atoms with E-state index in [2.05, 4.69) is 37.5 Å². The minimum Gasteiger partial charge on any atom is -0.383 e. The first-order valence-corrected chi connectivity index (χ1v) is 7.61. The van der Waals surface area contributed by atoms with Gasteiger partial charge in [-0.05, 0) is 40.8 Å². The number of halogens is 2. The summed E-state index contributed by atoms with van der Waals surface area (Å²) in [5, 5.41) is 6.23. The van der Waals surface area contributed by atoms with E-state index in [1.807, 2.05) is 0 Å². The number of nitrogens with one attached hydrogen (secondary N) is 2. The molecule has 1 aromatic heterocycles. The minimum atomic E-state index is -3.79. The van der Waals surface area contributed by atoms with E-state index in [1.54, 1.807) is 18.2 Å². The number of sulfonamides is 1. The van der Waals surface area contributed by atoms with Crippen LogP contribution in [0.4, 0.5) is 11.5 Å². The van der Waals surface area contributed by atoms with Gasteiger partial charge < -0.3 is 5.73 Å². The molecule has 0 aliphatic carbocycles. The van der Waals surface area contributed by atoms with Gasteiger partial charge in [0, 0.05) is 3.57 Å². The number of rotatable bonds is 3. The summed E-state index contributed by atoms with van der Waals surface area (Å²) >= 11 is 8.03. The van der Waals surface area contributed by atoms with Crippen molar-refractivity contribution in [2.24, 2.45) is 0 Å². The van der Waals surface area contributed by atoms with Crippen LogP contribution in [0.1, 0.15) is 0 Å². The third-order valence-corrected chi connectivity index (χ3v) is 4.47. The Labute approximate surface area is 122 Å². The van der Waals surface area contributed by atoms with Gasteiger partial charge in [0.2, 0.25) is 0 Å². The van der Waals surface area contributed by atoms with Crippen LogP contribution in [0.15, 0.2) is 29.3 Å². The molecular weight excluding hydrogens is 391 g/mol. The Morgan fingerprint density at radius 3 is 2.72 bits per heavy atom. The zero-order valence-electron chi connectivity index (χ0n) is 8.81. The van der Waals surface area contributed by atoms with Crippen molar-refractivity contribution < 1.29 is 8.42 Å². The van der Waals surface area contributed by atoms with E-state index in [-0.39, 0.29) is 16.4 Å². The Hall–Kier alpha value is -1.000. The third kappa shape index (κ3) is 2.70. The highest BCUT2D eigenvalue weighted by molar-refractivity contribution is 14.1. The normalized spacial score (nSPS) is 11.4. The van der Waals surface area contributed by atoms with Crippen molar-refractivity contribution in [1.82, 2.24) is 10.2 Å². The van der Waals surface area contributed by atoms with Gasteiger partial charge in [0.15, 0.2) is 0 Å². The van der Waals surface area contributed by atoms with E-state index in [0.717, 1.165) is 9.77 Å². The fourth-order valence-electron chi connectivity index (χ4n) is 1.27. The quantitative estimate of drug-likeness (QED) is 0.689. The summed E-state index contributed by atoms with van der Waals surface area (Å²) in [5.41, 5.74) is 5.76. The molecule has 0 atom stereocenters. The lowest BCUT2D eigenvalue weighted by Gasteiger charge is -2.08. The molecule has 0 saturated carbocycles. The van der Waals surface area contributed by atoms with E-state index in [1.165, 1.54) is 0 Å². The van der Waals surface area contributed by atoms with Gasteiger partial charge in [-0.25, -0.2) is 8.42 Å². The third-order valence-electron chi connectivity index (χ3n) is 2.10. The molecule has 1 aromatic carbocycles. The van der Waals surface area contributed by atoms with E-state index in [4.69, 9.17) is 17.3 Å². The summed E-state index contributed by atoms with van der Waals surface area (Å²) in [7, 11) is -3.79. The first-order valence-electron chi connectivity index (χ1n) is 4.67. The molecule has 0 spiro atoms. The Morgan fingerprint density at radius 2 is 2.17 bits per heavy atom. The topological polar surface area (TPSA) is 101 Å². The van der Waals surface area contributed by atoms with Crippen LogP contribution < -0.4 is 10.5 Å². The fourth-order valence-corrected chi connectivity index (χ4v) is 3.33. The molecule has 6 nitrogen and oxygen atoms in total. The van der Waals surface area contributed by atoms with Crippen molar-refractivity contribution in [3.8, 4) is 0 Å². The van der Waals surface area contributed by atoms with Crippen LogP contribution in [-0.4, -0.2) is 18.6 Å². The molecule has 0 saturated heterocycles. The molecule has 0 radical (unpaired) electrons. The van der Waals surface area contributed by atoms with Crippen LogP contribution in [0.25, 0.3) is 0 Å². The summed E-state index contributed by atoms with van der Waals surface area (Å²) in [6.45, 7) is 0. The number of aromatic amines is 1. The molecular formula is C9H8ClIN4O2S. The number of H-pyrrole nitrogens is 1. The van der Waals surface area contributed by atoms with E-state index < -0.39 is 10.0 Å². The summed E-state index contributed by atoms with van der Waals surface area (Å²) in [4.78, 5) is -0.114. The zero-order chi connectivity index (χ0) is 13.3. The molecule has 0 unspecified atom stereocenters. The standard InChI is InChI=1S/C9H8ClIN4O2S/c10-6-3-5(11)1-2-7(6)15-18(16,17)8-4-13-14-9(8)12/h1-4,15H,(H3,12,13,14). The highest BCUT2D eigenvalue weighted by atomic mass is 127. The number of nitrogens with zero attached hydrogens (tertiary/aromatic N) is 1. The number of hydrogen-bond acceptors (Lipinski definition) is 4. The van der Waals surface area contributed by atoms with Gasteiger partial charge >= 0.3 is 0 Å². The number of aromatic nitrogens is 2. The predicted octanol–water partition coefficient (Wildman–Crippen LogP) is 2.05. The van der Waals surface area contributed by atoms with Gasteiger partial charge in [-0.1, -0.05) is 11.6 Å². The van der Waals surface area contributed by atoms with Gasteiger partial charge in [0.1, 0.15) is 10.7 Å². The summed E-state index contributed by atoms with van der Waals surface area (Å²) in [6.07, 6.45) is 1.14. The summed E-state index contributed by atoms with van der Waals surface area (Å²) in [6, 6.07) is 4.97. The Morgan fingerprint density at radius 1 is 1.44 bits per heavy atom. The lowest BCUT2D eigenvalue weighted by Crippen LogP contribution is -2.14. The van der Waals surface area contributed by atoms with Crippen molar-refractivity contribution in [1.29, 1.82) is 0 Å². The Kier molecular flexibility index (Phi) is 3.69. The van der Waals surface area contributed by atoms with Crippen LogP contribution in [-0.2, 0) is 10.0 Å². The summed E-state index contributed by atoms with van der Waals surface area (Å²) < 4.78 is 27.3. The minimum absolute atomic E-state index is 0.0239. The molecule has 0 fully saturated rings. The monoisotopic (exact) mass is 398 g/mol. The number of nitrogens with two attached hydrogens (primary N) is 1. The molecule has 0 amide bonds. The maximum atomic E-state index is 12.0. The molecule has 0 bridgehead atoms. The average molecular weight is 399 g/mol. The molecule has 2 rings (SSSR count). The number of hydrogen-bond donors (Lipinski definition) is 3. The van der Waals surface area contributed by atoms with Crippen molar-refractivity contribution in [2.45, 2.75) is 4.90 Å². The number of benzene rings is 1. The first-order chi connectivity index (χ1) is 8.40. The number of anilines is 2. The van der Waals surface area contributed by atoms with Crippen molar-refractivity contribution in [3.63, 3.8) is 0 Å². The van der Waals surface area contributed by atoms with Crippen LogP contribution in [0, 0.1) is 3.57 Å². The van der Waals surface area contributed by atoms with Crippen LogP contribution in [0.2, 0.25) is 5.02 Å². The van der Waals surface area contributed by atoms with Crippen molar-refractivity contribution >= 4 is 55.7 Å². The Bertz CT molecular complexity index is 686. The zero-order valence-corrected chi connectivity index (χ0v) is 12.5. The molecule has 0 aliphatic heterocycles. The largest absolute Gasteiger partial charge is 0.383 e.